The van der Waals surface area contributed by atoms with Crippen LogP contribution in [0.1, 0.15) is 33.5 Å². The second-order valence-electron chi connectivity index (χ2n) is 8.71. The quantitative estimate of drug-likeness (QED) is 0.631. The Labute approximate surface area is 183 Å². The van der Waals surface area contributed by atoms with Gasteiger partial charge in [-0.05, 0) is 54.0 Å². The number of nitrogens with one attached hydrogen (secondary N) is 1. The fourth-order valence-corrected chi connectivity index (χ4v) is 4.53. The molecular weight excluding hydrogens is 392 g/mol. The third-order valence-electron chi connectivity index (χ3n) is 6.33. The summed E-state index contributed by atoms with van der Waals surface area (Å²) < 4.78 is 5.30. The Morgan fingerprint density at radius 1 is 1.19 bits per heavy atom. The molecule has 1 amide bonds. The molecule has 3 unspecified atom stereocenters. The molecule has 4 rings (SSSR count). The molecule has 1 saturated heterocycles. The van der Waals surface area contributed by atoms with E-state index in [2.05, 4.69) is 34.5 Å². The molecule has 3 atom stereocenters. The third-order valence-corrected chi connectivity index (χ3v) is 6.33. The molecule has 6 nitrogen and oxygen atoms in total. The number of nitrogens with zero attached hydrogens (tertiary/aromatic N) is 1. The van der Waals surface area contributed by atoms with Crippen LogP contribution in [0, 0.1) is 5.92 Å². The van der Waals surface area contributed by atoms with Crippen molar-refractivity contribution >= 4 is 5.91 Å². The van der Waals surface area contributed by atoms with Crippen LogP contribution in [0.25, 0.3) is 0 Å². The minimum Gasteiger partial charge on any atom is -0.390 e. The normalized spacial score (nSPS) is 22.5. The van der Waals surface area contributed by atoms with E-state index in [1.165, 1.54) is 11.1 Å². The molecule has 0 bridgehead atoms. The first kappa shape index (κ1) is 22.0. The molecule has 2 aliphatic heterocycles. The van der Waals surface area contributed by atoms with Crippen molar-refractivity contribution in [2.24, 2.45) is 5.92 Å². The van der Waals surface area contributed by atoms with Crippen LogP contribution in [0.5, 0.6) is 0 Å². The summed E-state index contributed by atoms with van der Waals surface area (Å²) in [6.07, 6.45) is 1.47. The zero-order chi connectivity index (χ0) is 21.6. The molecule has 6 heteroatoms. The first-order chi connectivity index (χ1) is 15.1. The lowest BCUT2D eigenvalue weighted by Gasteiger charge is -2.30. The number of ether oxygens (including phenoxy) is 1. The Morgan fingerprint density at radius 3 is 2.87 bits per heavy atom. The molecular formula is C25H32N2O4. The van der Waals surface area contributed by atoms with Crippen molar-refractivity contribution in [3.05, 3.63) is 70.8 Å². The number of benzene rings is 2. The molecule has 166 valence electrons. The van der Waals surface area contributed by atoms with Crippen molar-refractivity contribution < 1.29 is 19.7 Å². The van der Waals surface area contributed by atoms with Crippen LogP contribution >= 0.6 is 0 Å². The second kappa shape index (κ2) is 10.4. The SMILES string of the molecule is O=C(NCC(O)CN1CCc2ccccc2C1)c1cccc(CC2CCOCC2O)c1. The lowest BCUT2D eigenvalue weighted by Crippen LogP contribution is -2.42. The van der Waals surface area contributed by atoms with Crippen LogP contribution in [0.3, 0.4) is 0 Å². The number of rotatable bonds is 7. The number of β-amino-alcohol motifs (C(OH)–C–C–N with tert-alkyl or cyclic N) is 1. The molecule has 0 spiro atoms. The zero-order valence-electron chi connectivity index (χ0n) is 17.9. The molecule has 1 fully saturated rings. The van der Waals surface area contributed by atoms with E-state index in [4.69, 9.17) is 4.74 Å². The maximum Gasteiger partial charge on any atom is 0.251 e. The number of carbonyl (C=O) groups is 1. The molecule has 31 heavy (non-hydrogen) atoms. The number of carbonyl (C=O) groups excluding carboxylic acids is 1. The highest BCUT2D eigenvalue weighted by Gasteiger charge is 2.24. The molecule has 0 aliphatic carbocycles. The summed E-state index contributed by atoms with van der Waals surface area (Å²) in [5, 5.41) is 23.4. The topological polar surface area (TPSA) is 82.0 Å². The van der Waals surface area contributed by atoms with E-state index < -0.39 is 12.2 Å². The predicted octanol–water partition coefficient (Wildman–Crippen LogP) is 1.78. The summed E-state index contributed by atoms with van der Waals surface area (Å²) in [6.45, 7) is 3.56. The van der Waals surface area contributed by atoms with Gasteiger partial charge < -0.3 is 20.3 Å². The summed E-state index contributed by atoms with van der Waals surface area (Å²) in [5.74, 6) is -0.0269. The largest absolute Gasteiger partial charge is 0.390 e. The highest BCUT2D eigenvalue weighted by molar-refractivity contribution is 5.94. The first-order valence-electron chi connectivity index (χ1n) is 11.2. The Balaban J connectivity index is 1.26. The Kier molecular flexibility index (Phi) is 7.35. The molecule has 0 radical (unpaired) electrons. The summed E-state index contributed by atoms with van der Waals surface area (Å²) in [5.41, 5.74) is 4.32. The lowest BCUT2D eigenvalue weighted by atomic mass is 9.89. The Morgan fingerprint density at radius 2 is 2.03 bits per heavy atom. The van der Waals surface area contributed by atoms with Gasteiger partial charge in [0.15, 0.2) is 0 Å². The van der Waals surface area contributed by atoms with Gasteiger partial charge in [-0.15, -0.1) is 0 Å². The molecule has 2 aliphatic rings. The van der Waals surface area contributed by atoms with Crippen molar-refractivity contribution in [1.29, 1.82) is 0 Å². The van der Waals surface area contributed by atoms with Crippen molar-refractivity contribution in [3.63, 3.8) is 0 Å². The smallest absolute Gasteiger partial charge is 0.251 e. The summed E-state index contributed by atoms with van der Waals surface area (Å²) >= 11 is 0. The van der Waals surface area contributed by atoms with Gasteiger partial charge in [0.1, 0.15) is 0 Å². The fourth-order valence-electron chi connectivity index (χ4n) is 4.53. The molecule has 2 heterocycles. The standard InChI is InChI=1S/C25H32N2O4/c28-23(16-27-10-8-19-5-1-2-6-22(19)15-27)14-26-25(30)21-7-3-4-18(13-21)12-20-9-11-31-17-24(20)29/h1-7,13,20,23-24,28-29H,8-12,14-17H2,(H,26,30). The fraction of sp³-hybridized carbons (Fsp3) is 0.480. The maximum atomic E-state index is 12.6. The van der Waals surface area contributed by atoms with Crippen LogP contribution < -0.4 is 5.32 Å². The van der Waals surface area contributed by atoms with Crippen LogP contribution in [0.2, 0.25) is 0 Å². The predicted molar refractivity (Wildman–Crippen MR) is 119 cm³/mol. The maximum absolute atomic E-state index is 12.6. The molecule has 2 aromatic rings. The minimum atomic E-state index is -0.616. The first-order valence-corrected chi connectivity index (χ1v) is 11.2. The Bertz CT molecular complexity index is 887. The average Bonchev–Trinajstić information content (AvgIpc) is 2.79. The third kappa shape index (κ3) is 5.92. The van der Waals surface area contributed by atoms with Gasteiger partial charge in [-0.25, -0.2) is 0 Å². The lowest BCUT2D eigenvalue weighted by molar-refractivity contribution is -0.0434. The monoisotopic (exact) mass is 424 g/mol. The number of fused-ring (bicyclic) bond motifs is 1. The van der Waals surface area contributed by atoms with Crippen LogP contribution in [0.15, 0.2) is 48.5 Å². The van der Waals surface area contributed by atoms with Gasteiger partial charge in [-0.2, -0.15) is 0 Å². The van der Waals surface area contributed by atoms with E-state index in [-0.39, 0.29) is 18.4 Å². The molecule has 0 saturated carbocycles. The van der Waals surface area contributed by atoms with E-state index >= 15 is 0 Å². The molecule has 0 aromatic heterocycles. The van der Waals surface area contributed by atoms with Gasteiger partial charge in [0, 0.05) is 38.3 Å². The van der Waals surface area contributed by atoms with Crippen molar-refractivity contribution in [1.82, 2.24) is 10.2 Å². The number of aliphatic hydroxyl groups excluding tert-OH is 2. The van der Waals surface area contributed by atoms with Gasteiger partial charge in [-0.3, -0.25) is 9.69 Å². The summed E-state index contributed by atoms with van der Waals surface area (Å²) in [4.78, 5) is 14.8. The van der Waals surface area contributed by atoms with E-state index in [9.17, 15) is 15.0 Å². The van der Waals surface area contributed by atoms with Gasteiger partial charge in [0.2, 0.25) is 0 Å². The van der Waals surface area contributed by atoms with E-state index in [1.54, 1.807) is 6.07 Å². The highest BCUT2D eigenvalue weighted by Crippen LogP contribution is 2.21. The number of amides is 1. The number of hydrogen-bond donors (Lipinski definition) is 3. The second-order valence-corrected chi connectivity index (χ2v) is 8.71. The van der Waals surface area contributed by atoms with E-state index in [0.717, 1.165) is 37.9 Å². The zero-order valence-corrected chi connectivity index (χ0v) is 17.9. The molecule has 2 aromatic carbocycles. The summed E-state index contributed by atoms with van der Waals surface area (Å²) in [7, 11) is 0. The van der Waals surface area contributed by atoms with Crippen molar-refractivity contribution in [2.45, 2.75) is 38.0 Å². The Hall–Kier alpha value is -2.25. The van der Waals surface area contributed by atoms with Crippen LogP contribution in [-0.2, 0) is 24.1 Å². The summed E-state index contributed by atoms with van der Waals surface area (Å²) in [6, 6.07) is 16.0. The molecule has 3 N–H and O–H groups in total. The number of aliphatic hydroxyl groups is 2. The van der Waals surface area contributed by atoms with Gasteiger partial charge >= 0.3 is 0 Å². The van der Waals surface area contributed by atoms with Crippen LogP contribution in [0.4, 0.5) is 0 Å². The van der Waals surface area contributed by atoms with Gasteiger partial charge in [0.05, 0.1) is 18.8 Å². The highest BCUT2D eigenvalue weighted by atomic mass is 16.5. The van der Waals surface area contributed by atoms with Gasteiger partial charge in [0.25, 0.3) is 5.91 Å². The van der Waals surface area contributed by atoms with Crippen LogP contribution in [-0.4, -0.2) is 66.1 Å². The van der Waals surface area contributed by atoms with Gasteiger partial charge in [-0.1, -0.05) is 36.4 Å². The number of hydrogen-bond acceptors (Lipinski definition) is 5. The van der Waals surface area contributed by atoms with Crippen molar-refractivity contribution in [2.75, 3.05) is 32.8 Å². The minimum absolute atomic E-state index is 0.156. The van der Waals surface area contributed by atoms with E-state index in [1.807, 2.05) is 18.2 Å². The average molecular weight is 425 g/mol. The van der Waals surface area contributed by atoms with E-state index in [0.29, 0.717) is 25.3 Å². The van der Waals surface area contributed by atoms with Crippen molar-refractivity contribution in [3.8, 4) is 0 Å².